The Balaban J connectivity index is -0.000000000833. The maximum absolute atomic E-state index is 8.28. The molecule has 0 N–H and O–H groups in total. The second-order valence-corrected chi connectivity index (χ2v) is 0. The van der Waals surface area contributed by atoms with Gasteiger partial charge in [0.15, 0.2) is 0 Å². The van der Waals surface area contributed by atoms with Crippen molar-refractivity contribution >= 4 is 16.2 Å². The number of rotatable bonds is 0. The molecule has 46 valence electrons. The number of hydrogen-bond donors (Lipinski definition) is 0. The molecule has 8 heavy (non-hydrogen) atoms. The Morgan fingerprint density at radius 1 is 1.12 bits per heavy atom. The molecular formula is H3AlCoLi2MnNiO2. The average Bonchev–Trinajstić information content (AvgIpc) is 1.50. The van der Waals surface area contributed by atoms with E-state index >= 15 is 0 Å². The van der Waals surface area contributed by atoms with Gasteiger partial charge in [-0.15, -0.1) is 0 Å². The van der Waals surface area contributed by atoms with Crippen molar-refractivity contribution in [2.24, 2.45) is 0 Å². The van der Waals surface area contributed by atoms with Gasteiger partial charge in [-0.1, -0.05) is 0 Å². The van der Waals surface area contributed by atoms with Gasteiger partial charge >= 0.3 is 77.5 Å². The SMILES string of the molecule is [Co].[H-].[H-].[Li+].[Li+].[Ni].[O]=[AlH].[O]=[Mn]. The van der Waals surface area contributed by atoms with Gasteiger partial charge in [-0.2, -0.15) is 0 Å². The summed E-state index contributed by atoms with van der Waals surface area (Å²) in [7, 11) is 0. The Morgan fingerprint density at radius 3 is 1.12 bits per heavy atom. The van der Waals surface area contributed by atoms with Gasteiger partial charge in [-0.05, 0) is 0 Å². The minimum atomic E-state index is 0. The van der Waals surface area contributed by atoms with Gasteiger partial charge in [-0.25, -0.2) is 0 Å². The Morgan fingerprint density at radius 2 is 1.12 bits per heavy atom. The third-order valence-electron chi connectivity index (χ3n) is 0. The zero-order chi connectivity index (χ0) is 4.00. The van der Waals surface area contributed by atoms with Crippen LogP contribution in [0.4, 0.5) is 0 Å². The van der Waals surface area contributed by atoms with E-state index in [2.05, 4.69) is 0 Å². The van der Waals surface area contributed by atoms with Crippen molar-refractivity contribution in [1.29, 1.82) is 0 Å². The summed E-state index contributed by atoms with van der Waals surface area (Å²) in [6.45, 7) is 0. The first-order valence-corrected chi connectivity index (χ1v) is 1.50. The Bertz CT molecular complexity index is 29.2. The van der Waals surface area contributed by atoms with E-state index in [1.165, 1.54) is 0 Å². The van der Waals surface area contributed by atoms with Crippen LogP contribution in [-0.2, 0) is 56.9 Å². The fourth-order valence-corrected chi connectivity index (χ4v) is 0. The van der Waals surface area contributed by atoms with Crippen LogP contribution in [0.3, 0.4) is 0 Å². The van der Waals surface area contributed by atoms with Gasteiger partial charge < -0.3 is 2.85 Å². The van der Waals surface area contributed by atoms with E-state index in [0.29, 0.717) is 16.2 Å². The van der Waals surface area contributed by atoms with E-state index < -0.39 is 0 Å². The summed E-state index contributed by atoms with van der Waals surface area (Å²) in [5, 5.41) is 0. The van der Waals surface area contributed by atoms with Crippen LogP contribution in [0.15, 0.2) is 0 Å². The maximum atomic E-state index is 8.28. The van der Waals surface area contributed by atoms with Crippen LogP contribution in [0.25, 0.3) is 0 Å². The minimum absolute atomic E-state index is 0. The van der Waals surface area contributed by atoms with Crippen LogP contribution >= 0.6 is 0 Å². The van der Waals surface area contributed by atoms with Gasteiger partial charge in [0.2, 0.25) is 0 Å². The molecule has 0 rings (SSSR count). The molecule has 0 unspecified atom stereocenters. The van der Waals surface area contributed by atoms with E-state index in [9.17, 15) is 0 Å². The van der Waals surface area contributed by atoms with Crippen LogP contribution in [0, 0.1) is 0 Å². The van der Waals surface area contributed by atoms with E-state index in [0.717, 1.165) is 0 Å². The zero-order valence-electron chi connectivity index (χ0n) is 6.55. The van der Waals surface area contributed by atoms with Crippen LogP contribution in [0.1, 0.15) is 2.85 Å². The molecule has 0 aromatic heterocycles. The van der Waals surface area contributed by atoms with Gasteiger partial charge in [-0.3, -0.25) is 0 Å². The second-order valence-electron chi connectivity index (χ2n) is 0. The quantitative estimate of drug-likeness (QED) is 0.400. The predicted octanol–water partition coefficient (Wildman–Crippen LogP) is -6.66. The standard InChI is InChI=1S/Al.Co.2Li.Mn.Ni.2O.3H/q;;2*+1;;;;;;2*-1. The fraction of sp³-hybridized carbons (Fsp3) is 0. The summed E-state index contributed by atoms with van der Waals surface area (Å²) >= 11 is 2.30. The fourth-order valence-electron chi connectivity index (χ4n) is 0. The molecule has 0 bridgehead atoms. The molecule has 8 heteroatoms. The van der Waals surface area contributed by atoms with Gasteiger partial charge in [0.25, 0.3) is 0 Å². The van der Waals surface area contributed by atoms with Gasteiger partial charge in [0, 0.05) is 33.3 Å². The summed E-state index contributed by atoms with van der Waals surface area (Å²) in [6, 6.07) is 0. The van der Waals surface area contributed by atoms with E-state index in [1.54, 1.807) is 15.9 Å². The molecule has 0 aliphatic heterocycles. The Labute approximate surface area is 112 Å². The summed E-state index contributed by atoms with van der Waals surface area (Å²) in [6.07, 6.45) is 0. The molecule has 0 amide bonds. The first-order chi connectivity index (χ1) is 2.00. The molecule has 0 aliphatic rings. The molecule has 0 aliphatic carbocycles. The molecule has 0 aromatic rings. The van der Waals surface area contributed by atoms with E-state index in [1.807, 2.05) is 0 Å². The Kier molecular flexibility index (Phi) is 532. The summed E-state index contributed by atoms with van der Waals surface area (Å²) in [5.41, 5.74) is 0. The average molecular weight is 248 g/mol. The van der Waals surface area contributed by atoms with Crippen molar-refractivity contribution in [3.63, 3.8) is 0 Å². The molecule has 0 saturated heterocycles. The molecule has 1 radical (unpaired) electrons. The number of hydrogen-bond acceptors (Lipinski definition) is 2. The second kappa shape index (κ2) is 95.1. The molecule has 0 fully saturated rings. The summed E-state index contributed by atoms with van der Waals surface area (Å²) in [5.74, 6) is 0. The first kappa shape index (κ1) is 44.8. The van der Waals surface area contributed by atoms with Crippen LogP contribution in [0.2, 0.25) is 0 Å². The van der Waals surface area contributed by atoms with Gasteiger partial charge in [0.05, 0.1) is 0 Å². The molecule has 0 spiro atoms. The topological polar surface area (TPSA) is 34.1 Å². The van der Waals surface area contributed by atoms with E-state index in [-0.39, 0.29) is 73.8 Å². The molecule has 0 aromatic carbocycles. The third kappa shape index (κ3) is 67.2. The monoisotopic (exact) mass is 248 g/mol. The van der Waals surface area contributed by atoms with Crippen molar-refractivity contribution in [1.82, 2.24) is 0 Å². The van der Waals surface area contributed by atoms with Crippen LogP contribution in [-0.4, -0.2) is 16.2 Å². The molecular weight excluding hydrogens is 245 g/mol. The van der Waals surface area contributed by atoms with Crippen LogP contribution < -0.4 is 37.7 Å². The first-order valence-electron chi connectivity index (χ1n) is 0.443. The predicted molar refractivity (Wildman–Crippen MR) is 10.7 cm³/mol. The third-order valence-corrected chi connectivity index (χ3v) is 0. The van der Waals surface area contributed by atoms with Crippen molar-refractivity contribution in [2.45, 2.75) is 0 Å². The molecule has 2 nitrogen and oxygen atoms in total. The molecule has 0 saturated carbocycles. The molecule has 0 atom stereocenters. The van der Waals surface area contributed by atoms with Crippen molar-refractivity contribution < 1.29 is 97.4 Å². The normalized spacial score (nSPS) is 0.875. The van der Waals surface area contributed by atoms with Gasteiger partial charge in [0.1, 0.15) is 0 Å². The van der Waals surface area contributed by atoms with Crippen molar-refractivity contribution in [3.05, 3.63) is 0 Å². The van der Waals surface area contributed by atoms with E-state index in [4.69, 9.17) is 7.64 Å². The summed E-state index contributed by atoms with van der Waals surface area (Å²) in [4.78, 5) is 0. The zero-order valence-corrected chi connectivity index (χ0v) is 9.17. The van der Waals surface area contributed by atoms with Crippen molar-refractivity contribution in [2.75, 3.05) is 0 Å². The Hall–Kier alpha value is 2.85. The van der Waals surface area contributed by atoms with Crippen molar-refractivity contribution in [3.8, 4) is 0 Å². The molecule has 0 heterocycles. The van der Waals surface area contributed by atoms with Crippen LogP contribution in [0.5, 0.6) is 0 Å². The summed E-state index contributed by atoms with van der Waals surface area (Å²) < 4.78 is 16.3.